The van der Waals surface area contributed by atoms with E-state index in [-0.39, 0.29) is 11.4 Å². The van der Waals surface area contributed by atoms with Crippen molar-refractivity contribution in [3.63, 3.8) is 0 Å². The van der Waals surface area contributed by atoms with Gasteiger partial charge in [-0.25, -0.2) is 4.39 Å². The fourth-order valence-electron chi connectivity index (χ4n) is 2.53. The first-order chi connectivity index (χ1) is 11.1. The van der Waals surface area contributed by atoms with Crippen molar-refractivity contribution in [2.75, 3.05) is 0 Å². The van der Waals surface area contributed by atoms with E-state index in [9.17, 15) is 22.7 Å². The number of alkyl halides is 3. The molecule has 0 heterocycles. The van der Waals surface area contributed by atoms with E-state index >= 15 is 0 Å². The Kier molecular flexibility index (Phi) is 5.47. The number of aliphatic hydroxyl groups is 1. The molecule has 0 aliphatic carbocycles. The minimum absolute atomic E-state index is 0.0419. The molecule has 0 amide bonds. The van der Waals surface area contributed by atoms with Gasteiger partial charge in [-0.1, -0.05) is 54.7 Å². The minimum atomic E-state index is -4.98. The molecule has 130 valence electrons. The molecule has 1 nitrogen and oxygen atoms in total. The van der Waals surface area contributed by atoms with Gasteiger partial charge in [0.05, 0.1) is 0 Å². The molecule has 0 spiro atoms. The summed E-state index contributed by atoms with van der Waals surface area (Å²) < 4.78 is 54.1. The van der Waals surface area contributed by atoms with E-state index in [2.05, 4.69) is 0 Å². The molecule has 7 heteroatoms. The molecule has 1 atom stereocenters. The number of halogens is 6. The van der Waals surface area contributed by atoms with Crippen molar-refractivity contribution in [1.82, 2.24) is 0 Å². The van der Waals surface area contributed by atoms with Crippen LogP contribution < -0.4 is 0 Å². The standard InChI is InChI=1S/C17H14Cl2F4O/c1-2-7-16(24,17(21,22)23)13-6-3-10(8-15(13)20)12-5-4-11(18)9-14(12)19/h3-6,8-9,24H,2,7H2,1H3. The normalized spacial score (nSPS) is 14.5. The summed E-state index contributed by atoms with van der Waals surface area (Å²) >= 11 is 11.8. The number of rotatable bonds is 4. The van der Waals surface area contributed by atoms with Gasteiger partial charge in [-0.2, -0.15) is 13.2 Å². The van der Waals surface area contributed by atoms with Crippen LogP contribution in [0.1, 0.15) is 25.3 Å². The van der Waals surface area contributed by atoms with Gasteiger partial charge < -0.3 is 5.11 Å². The molecule has 2 rings (SSSR count). The molecular weight excluding hydrogens is 367 g/mol. The zero-order valence-corrected chi connectivity index (χ0v) is 14.1. The number of benzene rings is 2. The monoisotopic (exact) mass is 380 g/mol. The van der Waals surface area contributed by atoms with Crippen LogP contribution in [0.15, 0.2) is 36.4 Å². The van der Waals surface area contributed by atoms with E-state index < -0.39 is 29.6 Å². The van der Waals surface area contributed by atoms with Crippen LogP contribution >= 0.6 is 23.2 Å². The highest BCUT2D eigenvalue weighted by Gasteiger charge is 2.55. The maximum absolute atomic E-state index is 14.4. The van der Waals surface area contributed by atoms with E-state index in [1.165, 1.54) is 25.1 Å². The van der Waals surface area contributed by atoms with Gasteiger partial charge in [0.25, 0.3) is 0 Å². The van der Waals surface area contributed by atoms with Crippen LogP contribution in [-0.4, -0.2) is 11.3 Å². The summed E-state index contributed by atoms with van der Waals surface area (Å²) in [5, 5.41) is 10.7. The van der Waals surface area contributed by atoms with Crippen LogP contribution in [0.3, 0.4) is 0 Å². The second-order valence-electron chi connectivity index (χ2n) is 5.43. The van der Waals surface area contributed by atoms with E-state index in [1.807, 2.05) is 0 Å². The first kappa shape index (κ1) is 19.0. The maximum Gasteiger partial charge on any atom is 0.421 e. The van der Waals surface area contributed by atoms with Crippen molar-refractivity contribution in [2.24, 2.45) is 0 Å². The van der Waals surface area contributed by atoms with Gasteiger partial charge in [-0.15, -0.1) is 0 Å². The Morgan fingerprint density at radius 1 is 1.04 bits per heavy atom. The summed E-state index contributed by atoms with van der Waals surface area (Å²) in [4.78, 5) is 0. The van der Waals surface area contributed by atoms with Crippen molar-refractivity contribution >= 4 is 23.2 Å². The van der Waals surface area contributed by atoms with Crippen LogP contribution in [0.5, 0.6) is 0 Å². The van der Waals surface area contributed by atoms with E-state index in [1.54, 1.807) is 6.07 Å². The molecule has 0 bridgehead atoms. The smallest absolute Gasteiger partial charge is 0.376 e. The molecule has 0 aromatic heterocycles. The molecule has 0 fully saturated rings. The lowest BCUT2D eigenvalue weighted by atomic mass is 9.87. The van der Waals surface area contributed by atoms with Crippen LogP contribution in [-0.2, 0) is 5.60 Å². The molecule has 24 heavy (non-hydrogen) atoms. The van der Waals surface area contributed by atoms with Crippen LogP contribution in [0.4, 0.5) is 17.6 Å². The zero-order valence-electron chi connectivity index (χ0n) is 12.6. The highest BCUT2D eigenvalue weighted by molar-refractivity contribution is 6.36. The van der Waals surface area contributed by atoms with Crippen molar-refractivity contribution in [3.05, 3.63) is 57.8 Å². The fourth-order valence-corrected chi connectivity index (χ4v) is 3.05. The Hall–Kier alpha value is -1.30. The van der Waals surface area contributed by atoms with Gasteiger partial charge in [-0.3, -0.25) is 0 Å². The molecule has 2 aromatic carbocycles. The van der Waals surface area contributed by atoms with Gasteiger partial charge in [0.15, 0.2) is 5.60 Å². The first-order valence-electron chi connectivity index (χ1n) is 7.14. The van der Waals surface area contributed by atoms with Gasteiger partial charge >= 0.3 is 6.18 Å². The molecule has 0 saturated carbocycles. The summed E-state index contributed by atoms with van der Waals surface area (Å²) in [6.45, 7) is 1.48. The summed E-state index contributed by atoms with van der Waals surface area (Å²) in [7, 11) is 0. The van der Waals surface area contributed by atoms with Gasteiger partial charge in [0, 0.05) is 21.2 Å². The van der Waals surface area contributed by atoms with Crippen LogP contribution in [0.2, 0.25) is 10.0 Å². The molecule has 0 aliphatic rings. The quantitative estimate of drug-likeness (QED) is 0.612. The summed E-state index contributed by atoms with van der Waals surface area (Å²) in [5.74, 6) is -1.15. The number of hydrogen-bond acceptors (Lipinski definition) is 1. The Morgan fingerprint density at radius 2 is 1.71 bits per heavy atom. The number of hydrogen-bond donors (Lipinski definition) is 1. The molecule has 0 radical (unpaired) electrons. The van der Waals surface area contributed by atoms with Crippen LogP contribution in [0, 0.1) is 5.82 Å². The highest BCUT2D eigenvalue weighted by atomic mass is 35.5. The second kappa shape index (κ2) is 6.90. The van der Waals surface area contributed by atoms with Gasteiger partial charge in [-0.05, 0) is 30.2 Å². The van der Waals surface area contributed by atoms with Gasteiger partial charge in [0.2, 0.25) is 0 Å². The zero-order chi connectivity index (χ0) is 18.1. The Morgan fingerprint density at radius 3 is 2.21 bits per heavy atom. The Bertz CT molecular complexity index is 746. The van der Waals surface area contributed by atoms with Crippen molar-refractivity contribution in [1.29, 1.82) is 0 Å². The molecular formula is C17H14Cl2F4O. The first-order valence-corrected chi connectivity index (χ1v) is 7.90. The second-order valence-corrected chi connectivity index (χ2v) is 6.27. The van der Waals surface area contributed by atoms with Crippen molar-refractivity contribution in [3.8, 4) is 11.1 Å². The van der Waals surface area contributed by atoms with Crippen LogP contribution in [0.25, 0.3) is 11.1 Å². The van der Waals surface area contributed by atoms with E-state index in [0.717, 1.165) is 12.1 Å². The third kappa shape index (κ3) is 3.53. The predicted octanol–water partition coefficient (Wildman–Crippen LogP) is 6.35. The summed E-state index contributed by atoms with van der Waals surface area (Å²) in [6.07, 6.45) is -5.57. The lowest BCUT2D eigenvalue weighted by molar-refractivity contribution is -0.270. The molecule has 1 unspecified atom stereocenters. The Labute approximate surface area is 146 Å². The molecule has 1 N–H and O–H groups in total. The molecule has 0 aliphatic heterocycles. The summed E-state index contributed by atoms with van der Waals surface area (Å²) in [6, 6.07) is 7.70. The topological polar surface area (TPSA) is 20.2 Å². The fraction of sp³-hybridized carbons (Fsp3) is 0.294. The van der Waals surface area contributed by atoms with Crippen molar-refractivity contribution in [2.45, 2.75) is 31.5 Å². The third-order valence-corrected chi connectivity index (χ3v) is 4.29. The van der Waals surface area contributed by atoms with E-state index in [0.29, 0.717) is 16.1 Å². The minimum Gasteiger partial charge on any atom is -0.376 e. The third-order valence-electron chi connectivity index (χ3n) is 3.74. The highest BCUT2D eigenvalue weighted by Crippen LogP contribution is 2.44. The maximum atomic E-state index is 14.4. The van der Waals surface area contributed by atoms with Crippen molar-refractivity contribution < 1.29 is 22.7 Å². The summed E-state index contributed by atoms with van der Waals surface area (Å²) in [5.41, 5.74) is -3.31. The van der Waals surface area contributed by atoms with Gasteiger partial charge in [0.1, 0.15) is 5.82 Å². The Balaban J connectivity index is 2.53. The molecule has 2 aromatic rings. The average Bonchev–Trinajstić information content (AvgIpc) is 2.46. The van der Waals surface area contributed by atoms with E-state index in [4.69, 9.17) is 23.2 Å². The SMILES string of the molecule is CCCC(O)(c1ccc(-c2ccc(Cl)cc2Cl)cc1F)C(F)(F)F. The molecule has 0 saturated heterocycles. The predicted molar refractivity (Wildman–Crippen MR) is 86.7 cm³/mol. The average molecular weight is 381 g/mol. The largest absolute Gasteiger partial charge is 0.421 e. The lowest BCUT2D eigenvalue weighted by Gasteiger charge is -2.31. The lowest BCUT2D eigenvalue weighted by Crippen LogP contribution is -2.42.